The summed E-state index contributed by atoms with van der Waals surface area (Å²) < 4.78 is 31.9. The molecule has 0 fully saturated rings. The normalized spacial score (nSPS) is 13.5. The number of nitrogens with one attached hydrogen (secondary N) is 1. The van der Waals surface area contributed by atoms with E-state index in [4.69, 9.17) is 9.84 Å². The second-order valence-corrected chi connectivity index (χ2v) is 6.41. The van der Waals surface area contributed by atoms with Crippen LogP contribution in [0.3, 0.4) is 0 Å². The molecule has 19 heavy (non-hydrogen) atoms. The molecule has 0 spiro atoms. The first kappa shape index (κ1) is 16.1. The summed E-state index contributed by atoms with van der Waals surface area (Å²) in [6.45, 7) is 4.28. The average Bonchev–Trinajstić information content (AvgIpc) is 2.37. The van der Waals surface area contributed by atoms with E-state index in [0.29, 0.717) is 24.3 Å². The Bertz CT molecular complexity index is 513. The van der Waals surface area contributed by atoms with Gasteiger partial charge in [0, 0.05) is 20.3 Å². The third-order valence-electron chi connectivity index (χ3n) is 2.80. The smallest absolute Gasteiger partial charge is 0.240 e. The fourth-order valence-corrected chi connectivity index (χ4v) is 3.16. The van der Waals surface area contributed by atoms with Gasteiger partial charge in [-0.25, -0.2) is 13.1 Å². The Hall–Kier alpha value is -0.950. The molecule has 0 bridgehead atoms. The molecule has 0 aliphatic rings. The lowest BCUT2D eigenvalue weighted by Crippen LogP contribution is -2.30. The molecular weight excluding hydrogens is 266 g/mol. The van der Waals surface area contributed by atoms with E-state index in [1.807, 2.05) is 6.92 Å². The maximum absolute atomic E-state index is 12.2. The molecule has 6 heteroatoms. The molecule has 0 aliphatic heterocycles. The number of aliphatic hydroxyl groups is 1. The van der Waals surface area contributed by atoms with Crippen molar-refractivity contribution in [3.8, 4) is 0 Å². The van der Waals surface area contributed by atoms with E-state index in [9.17, 15) is 8.42 Å². The molecule has 1 rings (SSSR count). The molecule has 1 aromatic rings. The van der Waals surface area contributed by atoms with Crippen molar-refractivity contribution in [3.63, 3.8) is 0 Å². The highest BCUT2D eigenvalue weighted by atomic mass is 32.2. The number of aliphatic hydroxyl groups excluding tert-OH is 1. The maximum Gasteiger partial charge on any atom is 0.240 e. The van der Waals surface area contributed by atoms with Gasteiger partial charge in [0.1, 0.15) is 0 Å². The number of ether oxygens (including phenoxy) is 1. The molecule has 1 unspecified atom stereocenters. The zero-order chi connectivity index (χ0) is 14.5. The van der Waals surface area contributed by atoms with Crippen molar-refractivity contribution in [2.45, 2.75) is 25.3 Å². The van der Waals surface area contributed by atoms with Gasteiger partial charge < -0.3 is 9.84 Å². The summed E-state index contributed by atoms with van der Waals surface area (Å²) in [4.78, 5) is 0.212. The Morgan fingerprint density at radius 1 is 1.42 bits per heavy atom. The monoisotopic (exact) mass is 287 g/mol. The van der Waals surface area contributed by atoms with Crippen molar-refractivity contribution in [1.82, 2.24) is 4.72 Å². The van der Waals surface area contributed by atoms with E-state index < -0.39 is 10.0 Å². The van der Waals surface area contributed by atoms with Crippen LogP contribution in [0.4, 0.5) is 0 Å². The lowest BCUT2D eigenvalue weighted by atomic mass is 10.2. The molecule has 0 aromatic heterocycles. The predicted octanol–water partition coefficient (Wildman–Crippen LogP) is 1.05. The minimum Gasteiger partial charge on any atom is -0.392 e. The van der Waals surface area contributed by atoms with E-state index in [-0.39, 0.29) is 17.4 Å². The minimum atomic E-state index is -3.55. The van der Waals surface area contributed by atoms with Crippen LogP contribution < -0.4 is 4.72 Å². The molecule has 0 amide bonds. The lowest BCUT2D eigenvalue weighted by Gasteiger charge is -2.14. The van der Waals surface area contributed by atoms with E-state index in [2.05, 4.69) is 4.72 Å². The predicted molar refractivity (Wildman–Crippen MR) is 73.3 cm³/mol. The molecule has 0 aliphatic carbocycles. The number of methoxy groups -OCH3 is 1. The van der Waals surface area contributed by atoms with Crippen LogP contribution in [0.25, 0.3) is 0 Å². The minimum absolute atomic E-state index is 0.0982. The van der Waals surface area contributed by atoms with Crippen LogP contribution in [0.15, 0.2) is 23.1 Å². The number of rotatable bonds is 7. The van der Waals surface area contributed by atoms with Crippen LogP contribution in [-0.2, 0) is 21.4 Å². The topological polar surface area (TPSA) is 75.6 Å². The van der Waals surface area contributed by atoms with Crippen molar-refractivity contribution in [1.29, 1.82) is 0 Å². The summed E-state index contributed by atoms with van der Waals surface area (Å²) in [6, 6.07) is 4.90. The zero-order valence-corrected chi connectivity index (χ0v) is 12.3. The zero-order valence-electron chi connectivity index (χ0n) is 11.5. The van der Waals surface area contributed by atoms with E-state index in [1.165, 1.54) is 6.07 Å². The third-order valence-corrected chi connectivity index (χ3v) is 4.36. The molecule has 1 aromatic carbocycles. The van der Waals surface area contributed by atoms with Crippen molar-refractivity contribution in [3.05, 3.63) is 29.3 Å². The van der Waals surface area contributed by atoms with E-state index in [1.54, 1.807) is 26.2 Å². The highest BCUT2D eigenvalue weighted by molar-refractivity contribution is 7.89. The van der Waals surface area contributed by atoms with Gasteiger partial charge in [-0.05, 0) is 30.0 Å². The van der Waals surface area contributed by atoms with Crippen LogP contribution in [-0.4, -0.2) is 33.8 Å². The molecule has 0 heterocycles. The van der Waals surface area contributed by atoms with Crippen LogP contribution in [0.2, 0.25) is 0 Å². The fourth-order valence-electron chi connectivity index (χ4n) is 1.71. The number of hydrogen-bond acceptors (Lipinski definition) is 4. The van der Waals surface area contributed by atoms with Gasteiger partial charge in [-0.3, -0.25) is 0 Å². The van der Waals surface area contributed by atoms with Crippen LogP contribution in [0.5, 0.6) is 0 Å². The molecule has 1 atom stereocenters. The Labute approximate surface area is 114 Å². The first-order valence-electron chi connectivity index (χ1n) is 6.09. The summed E-state index contributed by atoms with van der Waals surface area (Å²) >= 11 is 0. The molecule has 0 radical (unpaired) electrons. The SMILES string of the molecule is COCC(C)CNS(=O)(=O)c1cc(CO)ccc1C. The molecule has 0 saturated carbocycles. The first-order valence-corrected chi connectivity index (χ1v) is 7.58. The van der Waals surface area contributed by atoms with Crippen LogP contribution in [0, 0.1) is 12.8 Å². The Kier molecular flexibility index (Phi) is 5.93. The van der Waals surface area contributed by atoms with Gasteiger partial charge in [-0.15, -0.1) is 0 Å². The second-order valence-electron chi connectivity index (χ2n) is 4.67. The van der Waals surface area contributed by atoms with Crippen LogP contribution in [0.1, 0.15) is 18.1 Å². The molecule has 5 nitrogen and oxygen atoms in total. The van der Waals surface area contributed by atoms with Crippen molar-refractivity contribution < 1.29 is 18.3 Å². The standard InChI is InChI=1S/C13H21NO4S/c1-10(9-18-3)7-14-19(16,17)13-6-12(8-15)5-4-11(13)2/h4-6,10,14-15H,7-9H2,1-3H3. The Morgan fingerprint density at radius 3 is 2.68 bits per heavy atom. The number of benzene rings is 1. The fraction of sp³-hybridized carbons (Fsp3) is 0.538. The highest BCUT2D eigenvalue weighted by Gasteiger charge is 2.18. The van der Waals surface area contributed by atoms with Gasteiger partial charge in [-0.2, -0.15) is 0 Å². The molecule has 2 N–H and O–H groups in total. The van der Waals surface area contributed by atoms with Gasteiger partial charge in [0.2, 0.25) is 10.0 Å². The highest BCUT2D eigenvalue weighted by Crippen LogP contribution is 2.17. The van der Waals surface area contributed by atoms with Gasteiger partial charge in [0.25, 0.3) is 0 Å². The third kappa shape index (κ3) is 4.58. The summed E-state index contributed by atoms with van der Waals surface area (Å²) in [5.74, 6) is 0.0982. The molecule has 0 saturated heterocycles. The quantitative estimate of drug-likeness (QED) is 0.786. The Morgan fingerprint density at radius 2 is 2.11 bits per heavy atom. The van der Waals surface area contributed by atoms with E-state index >= 15 is 0 Å². The maximum atomic E-state index is 12.2. The van der Waals surface area contributed by atoms with Gasteiger partial charge in [0.05, 0.1) is 11.5 Å². The summed E-state index contributed by atoms with van der Waals surface area (Å²) in [6.07, 6.45) is 0. The summed E-state index contributed by atoms with van der Waals surface area (Å²) in [5, 5.41) is 9.07. The van der Waals surface area contributed by atoms with Crippen LogP contribution >= 0.6 is 0 Å². The molecule has 108 valence electrons. The largest absolute Gasteiger partial charge is 0.392 e. The Balaban J connectivity index is 2.88. The van der Waals surface area contributed by atoms with E-state index in [0.717, 1.165) is 0 Å². The van der Waals surface area contributed by atoms with Gasteiger partial charge in [-0.1, -0.05) is 19.1 Å². The van der Waals surface area contributed by atoms with Crippen molar-refractivity contribution in [2.24, 2.45) is 5.92 Å². The van der Waals surface area contributed by atoms with Gasteiger partial charge >= 0.3 is 0 Å². The summed E-state index contributed by atoms with van der Waals surface area (Å²) in [7, 11) is -1.97. The summed E-state index contributed by atoms with van der Waals surface area (Å²) in [5.41, 5.74) is 1.24. The van der Waals surface area contributed by atoms with Gasteiger partial charge in [0.15, 0.2) is 0 Å². The average molecular weight is 287 g/mol. The first-order chi connectivity index (χ1) is 8.90. The second kappa shape index (κ2) is 7.00. The number of sulfonamides is 1. The number of hydrogen-bond donors (Lipinski definition) is 2. The lowest BCUT2D eigenvalue weighted by molar-refractivity contribution is 0.161. The van der Waals surface area contributed by atoms with Crippen molar-refractivity contribution >= 4 is 10.0 Å². The molecular formula is C13H21NO4S. The van der Waals surface area contributed by atoms with Crippen molar-refractivity contribution in [2.75, 3.05) is 20.3 Å². The number of aryl methyl sites for hydroxylation is 1.